The first-order valence-electron chi connectivity index (χ1n) is 7.04. The molecule has 3 rings (SSSR count). The molecule has 1 saturated carbocycles. The number of nitrogens with zero attached hydrogens (tertiary/aromatic N) is 3. The Morgan fingerprint density at radius 1 is 1.48 bits per heavy atom. The zero-order valence-corrected chi connectivity index (χ0v) is 11.8. The molecule has 1 heterocycles. The van der Waals surface area contributed by atoms with E-state index in [1.165, 1.54) is 12.8 Å². The number of hydrogen-bond donors (Lipinski definition) is 1. The van der Waals surface area contributed by atoms with Crippen LogP contribution in [0.25, 0.3) is 0 Å². The second-order valence-corrected chi connectivity index (χ2v) is 5.39. The Labute approximate surface area is 123 Å². The number of anilines is 1. The smallest absolute Gasteiger partial charge is 0.256 e. The van der Waals surface area contributed by atoms with E-state index >= 15 is 0 Å². The molecule has 1 aromatic heterocycles. The molecule has 1 unspecified atom stereocenters. The van der Waals surface area contributed by atoms with Gasteiger partial charge in [0.1, 0.15) is 5.82 Å². The van der Waals surface area contributed by atoms with Crippen molar-refractivity contribution >= 4 is 11.7 Å². The summed E-state index contributed by atoms with van der Waals surface area (Å²) in [7, 11) is 0. The number of nitrogens with one attached hydrogen (secondary N) is 1. The maximum atomic E-state index is 12.3. The lowest BCUT2D eigenvalue weighted by molar-refractivity contribution is 0.102. The van der Waals surface area contributed by atoms with Crippen LogP contribution in [0.2, 0.25) is 0 Å². The second-order valence-electron chi connectivity index (χ2n) is 5.39. The highest BCUT2D eigenvalue weighted by Crippen LogP contribution is 2.40. The van der Waals surface area contributed by atoms with Crippen molar-refractivity contribution < 1.29 is 4.79 Å². The Balaban J connectivity index is 1.78. The van der Waals surface area contributed by atoms with Gasteiger partial charge in [0, 0.05) is 11.6 Å². The van der Waals surface area contributed by atoms with Crippen LogP contribution in [-0.2, 0) is 0 Å². The van der Waals surface area contributed by atoms with Crippen molar-refractivity contribution in [3.8, 4) is 6.07 Å². The van der Waals surface area contributed by atoms with Crippen LogP contribution in [0.1, 0.15) is 41.7 Å². The van der Waals surface area contributed by atoms with Gasteiger partial charge in [-0.3, -0.25) is 4.79 Å². The largest absolute Gasteiger partial charge is 0.307 e. The molecule has 2 aromatic rings. The number of carbonyl (C=O) groups excluding carboxylic acids is 1. The summed E-state index contributed by atoms with van der Waals surface area (Å²) < 4.78 is 1.86. The maximum absolute atomic E-state index is 12.3. The average Bonchev–Trinajstić information content (AvgIpc) is 3.26. The summed E-state index contributed by atoms with van der Waals surface area (Å²) in [5.74, 6) is 1.13. The van der Waals surface area contributed by atoms with E-state index in [1.807, 2.05) is 10.8 Å². The van der Waals surface area contributed by atoms with Crippen molar-refractivity contribution in [3.63, 3.8) is 0 Å². The number of benzene rings is 1. The summed E-state index contributed by atoms with van der Waals surface area (Å²) in [5, 5.41) is 16.1. The van der Waals surface area contributed by atoms with E-state index < -0.39 is 0 Å². The van der Waals surface area contributed by atoms with Crippen molar-refractivity contribution in [1.29, 1.82) is 5.26 Å². The summed E-state index contributed by atoms with van der Waals surface area (Å²) in [5.41, 5.74) is 0.948. The second kappa shape index (κ2) is 5.41. The van der Waals surface area contributed by atoms with Crippen molar-refractivity contribution in [3.05, 3.63) is 47.7 Å². The lowest BCUT2D eigenvalue weighted by Gasteiger charge is -2.15. The fraction of sp³-hybridized carbons (Fsp3) is 0.312. The van der Waals surface area contributed by atoms with Crippen LogP contribution in [0.4, 0.5) is 5.82 Å². The molecule has 21 heavy (non-hydrogen) atoms. The Hall–Kier alpha value is -2.61. The van der Waals surface area contributed by atoms with Crippen LogP contribution in [0.5, 0.6) is 0 Å². The molecule has 0 saturated heterocycles. The molecule has 1 N–H and O–H groups in total. The van der Waals surface area contributed by atoms with Crippen molar-refractivity contribution in [2.45, 2.75) is 25.8 Å². The van der Waals surface area contributed by atoms with Gasteiger partial charge in [-0.1, -0.05) is 6.07 Å². The number of hydrogen-bond acceptors (Lipinski definition) is 3. The summed E-state index contributed by atoms with van der Waals surface area (Å²) >= 11 is 0. The van der Waals surface area contributed by atoms with Gasteiger partial charge in [0.25, 0.3) is 5.91 Å². The van der Waals surface area contributed by atoms with Crippen molar-refractivity contribution in [2.75, 3.05) is 5.32 Å². The fourth-order valence-corrected chi connectivity index (χ4v) is 2.43. The first-order valence-corrected chi connectivity index (χ1v) is 7.04. The topological polar surface area (TPSA) is 70.7 Å². The van der Waals surface area contributed by atoms with E-state index in [2.05, 4.69) is 17.3 Å². The summed E-state index contributed by atoms with van der Waals surface area (Å²) in [6.07, 6.45) is 4.14. The normalized spacial score (nSPS) is 15.2. The molecule has 0 aliphatic heterocycles. The summed E-state index contributed by atoms with van der Waals surface area (Å²) in [6, 6.07) is 10.8. The van der Waals surface area contributed by atoms with Crippen LogP contribution in [-0.4, -0.2) is 15.7 Å². The monoisotopic (exact) mass is 280 g/mol. The number of aromatic nitrogens is 2. The molecule has 1 aliphatic carbocycles. The Morgan fingerprint density at radius 3 is 3.00 bits per heavy atom. The Kier molecular flexibility index (Phi) is 3.44. The highest BCUT2D eigenvalue weighted by Gasteiger charge is 2.30. The standard InChI is InChI=1S/C16H16N4O/c1-11(13-5-6-13)20-15(7-8-18-20)19-16(21)14-4-2-3-12(9-14)10-17/h2-4,7-9,11,13H,5-6H2,1H3,(H,19,21). The van der Waals surface area contributed by atoms with E-state index in [4.69, 9.17) is 5.26 Å². The molecule has 1 atom stereocenters. The number of nitriles is 1. The number of carbonyl (C=O) groups is 1. The zero-order valence-electron chi connectivity index (χ0n) is 11.8. The van der Waals surface area contributed by atoms with Gasteiger partial charge in [-0.25, -0.2) is 4.68 Å². The van der Waals surface area contributed by atoms with E-state index in [9.17, 15) is 4.79 Å². The number of amides is 1. The molecule has 1 aliphatic rings. The van der Waals surface area contributed by atoms with Gasteiger partial charge in [0.2, 0.25) is 0 Å². The highest BCUT2D eigenvalue weighted by molar-refractivity contribution is 6.04. The third-order valence-electron chi connectivity index (χ3n) is 3.86. The maximum Gasteiger partial charge on any atom is 0.256 e. The van der Waals surface area contributed by atoms with Crippen molar-refractivity contribution in [2.24, 2.45) is 5.92 Å². The van der Waals surface area contributed by atoms with Crippen molar-refractivity contribution in [1.82, 2.24) is 9.78 Å². The van der Waals surface area contributed by atoms with Crippen LogP contribution in [0.3, 0.4) is 0 Å². The Morgan fingerprint density at radius 2 is 2.29 bits per heavy atom. The average molecular weight is 280 g/mol. The first-order chi connectivity index (χ1) is 10.2. The SMILES string of the molecule is CC(C1CC1)n1nccc1NC(=O)c1cccc(C#N)c1. The van der Waals surface area contributed by atoms with E-state index in [-0.39, 0.29) is 5.91 Å². The predicted molar refractivity (Wildman–Crippen MR) is 78.8 cm³/mol. The van der Waals surface area contributed by atoms with Crippen LogP contribution >= 0.6 is 0 Å². The highest BCUT2D eigenvalue weighted by atomic mass is 16.1. The van der Waals surface area contributed by atoms with E-state index in [1.54, 1.807) is 36.5 Å². The Bertz CT molecular complexity index is 709. The molecule has 0 bridgehead atoms. The third-order valence-corrected chi connectivity index (χ3v) is 3.86. The molecular formula is C16H16N4O. The van der Waals surface area contributed by atoms with E-state index in [0.717, 1.165) is 0 Å². The van der Waals surface area contributed by atoms with Gasteiger partial charge in [-0.2, -0.15) is 10.4 Å². The van der Waals surface area contributed by atoms with Gasteiger partial charge < -0.3 is 5.32 Å². The molecule has 0 spiro atoms. The van der Waals surface area contributed by atoms with Crippen LogP contribution in [0.15, 0.2) is 36.5 Å². The lowest BCUT2D eigenvalue weighted by atomic mass is 10.1. The van der Waals surface area contributed by atoms with Crippen LogP contribution in [0, 0.1) is 17.2 Å². The predicted octanol–water partition coefficient (Wildman–Crippen LogP) is 2.98. The van der Waals surface area contributed by atoms with Gasteiger partial charge in [0.05, 0.1) is 23.9 Å². The first kappa shape index (κ1) is 13.4. The van der Waals surface area contributed by atoms with E-state index in [0.29, 0.717) is 28.9 Å². The number of rotatable bonds is 4. The molecule has 1 aromatic carbocycles. The third kappa shape index (κ3) is 2.79. The summed E-state index contributed by atoms with van der Waals surface area (Å²) in [6.45, 7) is 2.12. The molecule has 1 amide bonds. The minimum Gasteiger partial charge on any atom is -0.307 e. The summed E-state index contributed by atoms with van der Waals surface area (Å²) in [4.78, 5) is 12.3. The van der Waals surface area contributed by atoms with Gasteiger partial charge in [0.15, 0.2) is 0 Å². The fourth-order valence-electron chi connectivity index (χ4n) is 2.43. The minimum atomic E-state index is -0.225. The zero-order chi connectivity index (χ0) is 14.8. The molecular weight excluding hydrogens is 264 g/mol. The quantitative estimate of drug-likeness (QED) is 0.935. The van der Waals surface area contributed by atoms with Gasteiger partial charge >= 0.3 is 0 Å². The van der Waals surface area contributed by atoms with Gasteiger partial charge in [-0.05, 0) is 43.9 Å². The van der Waals surface area contributed by atoms with Crippen LogP contribution < -0.4 is 5.32 Å². The minimum absolute atomic E-state index is 0.225. The molecule has 5 heteroatoms. The lowest BCUT2D eigenvalue weighted by Crippen LogP contribution is -2.18. The molecule has 1 fully saturated rings. The molecule has 0 radical (unpaired) electrons. The molecule has 5 nitrogen and oxygen atoms in total. The molecule has 106 valence electrons. The van der Waals surface area contributed by atoms with Gasteiger partial charge in [-0.15, -0.1) is 0 Å².